The number of methoxy groups -OCH3 is 1. The minimum atomic E-state index is -1.81. The third-order valence-electron chi connectivity index (χ3n) is 6.68. The topological polar surface area (TPSA) is 44.8 Å². The van der Waals surface area contributed by atoms with Crippen molar-refractivity contribution in [3.8, 4) is 0 Å². The Morgan fingerprint density at radius 3 is 2.50 bits per heavy atom. The van der Waals surface area contributed by atoms with Crippen LogP contribution in [0.4, 0.5) is 0 Å². The largest absolute Gasteiger partial charge is 0.413 e. The molecule has 1 heterocycles. The number of hydrogen-bond acceptors (Lipinski definition) is 4. The minimum absolute atomic E-state index is 0.155. The second-order valence-electron chi connectivity index (χ2n) is 8.74. The van der Waals surface area contributed by atoms with E-state index in [0.717, 1.165) is 12.7 Å². The van der Waals surface area contributed by atoms with E-state index in [1.54, 1.807) is 7.11 Å². The average molecular weight is 327 g/mol. The standard InChI is InChI=1S/C17H30O4Si/c1-17(2,3)22(5,6)21-15-11-9-12-14(15)13(10(11)7-8-18)16(19-4)20-12/h8,10-16H,7,9H2,1-6H3/t10-,11?,12?,13?,14?,15-,16+/m0/s1. The summed E-state index contributed by atoms with van der Waals surface area (Å²) in [5, 5.41) is 0.204. The van der Waals surface area contributed by atoms with Crippen LogP contribution < -0.4 is 0 Å². The van der Waals surface area contributed by atoms with Crippen LogP contribution in [0, 0.1) is 23.7 Å². The molecule has 0 aromatic rings. The second kappa shape index (κ2) is 5.40. The van der Waals surface area contributed by atoms with Gasteiger partial charge in [-0.05, 0) is 36.4 Å². The maximum absolute atomic E-state index is 11.1. The number of fused-ring (bicyclic) bond motifs is 1. The highest BCUT2D eigenvalue weighted by Crippen LogP contribution is 2.62. The first-order chi connectivity index (χ1) is 10.2. The number of rotatable bonds is 5. The van der Waals surface area contributed by atoms with E-state index in [1.807, 2.05) is 0 Å². The Kier molecular flexibility index (Phi) is 4.08. The van der Waals surface area contributed by atoms with Crippen LogP contribution in [0.2, 0.25) is 18.1 Å². The van der Waals surface area contributed by atoms with E-state index in [2.05, 4.69) is 33.9 Å². The molecular weight excluding hydrogens is 296 g/mol. The molecule has 0 amide bonds. The number of carbonyl (C=O) groups excluding carboxylic acids is 1. The van der Waals surface area contributed by atoms with E-state index in [-0.39, 0.29) is 23.5 Å². The van der Waals surface area contributed by atoms with Crippen LogP contribution in [0.1, 0.15) is 33.6 Å². The maximum atomic E-state index is 11.1. The smallest absolute Gasteiger partial charge is 0.192 e. The molecule has 22 heavy (non-hydrogen) atoms. The van der Waals surface area contributed by atoms with Crippen LogP contribution in [-0.4, -0.2) is 40.2 Å². The summed E-state index contributed by atoms with van der Waals surface area (Å²) in [6.07, 6.45) is 3.06. The van der Waals surface area contributed by atoms with Crippen LogP contribution in [0.3, 0.4) is 0 Å². The van der Waals surface area contributed by atoms with Crippen molar-refractivity contribution in [1.29, 1.82) is 0 Å². The Hall–Kier alpha value is -0.233. The van der Waals surface area contributed by atoms with Crippen LogP contribution in [0.25, 0.3) is 0 Å². The zero-order valence-electron chi connectivity index (χ0n) is 14.7. The molecule has 0 radical (unpaired) electrons. The summed E-state index contributed by atoms with van der Waals surface area (Å²) < 4.78 is 18.4. The van der Waals surface area contributed by atoms with Gasteiger partial charge in [-0.1, -0.05) is 20.8 Å². The molecule has 4 unspecified atom stereocenters. The molecule has 7 atom stereocenters. The first kappa shape index (κ1) is 16.6. The van der Waals surface area contributed by atoms with Gasteiger partial charge in [0.05, 0.1) is 12.2 Å². The minimum Gasteiger partial charge on any atom is -0.413 e. The van der Waals surface area contributed by atoms with Gasteiger partial charge in [0.15, 0.2) is 14.6 Å². The molecule has 0 aromatic carbocycles. The quantitative estimate of drug-likeness (QED) is 0.575. The molecule has 2 bridgehead atoms. The van der Waals surface area contributed by atoms with Crippen LogP contribution in [-0.2, 0) is 18.7 Å². The predicted molar refractivity (Wildman–Crippen MR) is 87.0 cm³/mol. The van der Waals surface area contributed by atoms with Gasteiger partial charge in [-0.2, -0.15) is 0 Å². The first-order valence-corrected chi connectivity index (χ1v) is 11.4. The fourth-order valence-electron chi connectivity index (χ4n) is 4.64. The molecule has 4 nitrogen and oxygen atoms in total. The van der Waals surface area contributed by atoms with Gasteiger partial charge in [-0.15, -0.1) is 0 Å². The Morgan fingerprint density at radius 2 is 1.95 bits per heavy atom. The molecule has 126 valence electrons. The Bertz CT molecular complexity index is 444. The Morgan fingerprint density at radius 1 is 1.27 bits per heavy atom. The van der Waals surface area contributed by atoms with Gasteiger partial charge in [0.1, 0.15) is 6.29 Å². The number of aldehydes is 1. The average Bonchev–Trinajstić information content (AvgIpc) is 2.96. The highest BCUT2D eigenvalue weighted by atomic mass is 28.4. The molecular formula is C17H30O4Si. The number of ether oxygens (including phenoxy) is 2. The summed E-state index contributed by atoms with van der Waals surface area (Å²) in [6, 6.07) is 0. The lowest BCUT2D eigenvalue weighted by molar-refractivity contribution is -0.131. The first-order valence-electron chi connectivity index (χ1n) is 8.51. The summed E-state index contributed by atoms with van der Waals surface area (Å²) in [5.41, 5.74) is 0. The molecule has 2 aliphatic carbocycles. The molecule has 0 N–H and O–H groups in total. The van der Waals surface area contributed by atoms with E-state index >= 15 is 0 Å². The van der Waals surface area contributed by atoms with Gasteiger partial charge in [-0.3, -0.25) is 0 Å². The van der Waals surface area contributed by atoms with Crippen molar-refractivity contribution < 1.29 is 18.7 Å². The van der Waals surface area contributed by atoms with Crippen molar-refractivity contribution in [3.63, 3.8) is 0 Å². The predicted octanol–water partition coefficient (Wildman–Crippen LogP) is 3.22. The molecule has 5 heteroatoms. The zero-order chi connectivity index (χ0) is 16.3. The third-order valence-corrected chi connectivity index (χ3v) is 11.2. The monoisotopic (exact) mass is 326 g/mol. The van der Waals surface area contributed by atoms with Crippen molar-refractivity contribution in [1.82, 2.24) is 0 Å². The number of carbonyl (C=O) groups is 1. The van der Waals surface area contributed by atoms with Crippen molar-refractivity contribution in [3.05, 3.63) is 0 Å². The summed E-state index contributed by atoms with van der Waals surface area (Å²) >= 11 is 0. The van der Waals surface area contributed by atoms with Gasteiger partial charge in [-0.25, -0.2) is 0 Å². The summed E-state index contributed by atoms with van der Waals surface area (Å²) in [5.74, 6) is 1.56. The molecule has 2 saturated carbocycles. The van der Waals surface area contributed by atoms with Crippen LogP contribution in [0.5, 0.6) is 0 Å². The lowest BCUT2D eigenvalue weighted by Gasteiger charge is -2.39. The molecule has 3 rings (SSSR count). The van der Waals surface area contributed by atoms with Crippen molar-refractivity contribution >= 4 is 14.6 Å². The molecule has 1 saturated heterocycles. The second-order valence-corrected chi connectivity index (χ2v) is 13.5. The Labute approximate surface area is 135 Å². The Balaban J connectivity index is 1.85. The molecule has 1 aliphatic heterocycles. The van der Waals surface area contributed by atoms with Gasteiger partial charge >= 0.3 is 0 Å². The van der Waals surface area contributed by atoms with Crippen molar-refractivity contribution in [2.45, 2.75) is 70.2 Å². The van der Waals surface area contributed by atoms with E-state index in [4.69, 9.17) is 13.9 Å². The fourth-order valence-corrected chi connectivity index (χ4v) is 6.01. The maximum Gasteiger partial charge on any atom is 0.192 e. The van der Waals surface area contributed by atoms with E-state index in [9.17, 15) is 4.79 Å². The van der Waals surface area contributed by atoms with Gasteiger partial charge in [0, 0.05) is 25.4 Å². The van der Waals surface area contributed by atoms with Gasteiger partial charge in [0.2, 0.25) is 0 Å². The summed E-state index contributed by atoms with van der Waals surface area (Å²) in [6.45, 7) is 11.5. The lowest BCUT2D eigenvalue weighted by atomic mass is 9.78. The van der Waals surface area contributed by atoms with Crippen LogP contribution >= 0.6 is 0 Å². The zero-order valence-corrected chi connectivity index (χ0v) is 15.7. The fraction of sp³-hybridized carbons (Fsp3) is 0.941. The molecule has 3 fully saturated rings. The van der Waals surface area contributed by atoms with Crippen molar-refractivity contribution in [2.24, 2.45) is 23.7 Å². The summed E-state index contributed by atoms with van der Waals surface area (Å²) in [7, 11) is -0.102. The molecule has 3 aliphatic rings. The van der Waals surface area contributed by atoms with Gasteiger partial charge < -0.3 is 18.7 Å². The highest BCUT2D eigenvalue weighted by molar-refractivity contribution is 6.74. The van der Waals surface area contributed by atoms with Crippen molar-refractivity contribution in [2.75, 3.05) is 7.11 Å². The normalized spacial score (nSPS) is 43.8. The summed E-state index contributed by atoms with van der Waals surface area (Å²) in [4.78, 5) is 11.1. The van der Waals surface area contributed by atoms with Gasteiger partial charge in [0.25, 0.3) is 0 Å². The van der Waals surface area contributed by atoms with E-state index in [1.165, 1.54) is 0 Å². The number of hydrogen-bond donors (Lipinski definition) is 0. The van der Waals surface area contributed by atoms with E-state index < -0.39 is 8.32 Å². The third kappa shape index (κ3) is 2.32. The SMILES string of the molecule is CO[C@@H]1OC2CC3[C@H](CC=O)C1C2[C@H]3O[Si](C)(C)C(C)(C)C. The van der Waals surface area contributed by atoms with Crippen LogP contribution in [0.15, 0.2) is 0 Å². The molecule has 0 aromatic heterocycles. The highest BCUT2D eigenvalue weighted by Gasteiger charge is 2.67. The lowest BCUT2D eigenvalue weighted by Crippen LogP contribution is -2.45. The molecule has 0 spiro atoms. The van der Waals surface area contributed by atoms with E-state index in [0.29, 0.717) is 30.1 Å².